The van der Waals surface area contributed by atoms with Crippen LogP contribution in [0, 0.1) is 3.57 Å². The third kappa shape index (κ3) is 3.19. The first-order valence-electron chi connectivity index (χ1n) is 7.10. The lowest BCUT2D eigenvalue weighted by Crippen LogP contribution is -2.27. The van der Waals surface area contributed by atoms with Crippen LogP contribution in [0.4, 0.5) is 0 Å². The number of halogens is 1. The van der Waals surface area contributed by atoms with Crippen molar-refractivity contribution in [2.24, 2.45) is 0 Å². The van der Waals surface area contributed by atoms with Gasteiger partial charge in [-0.15, -0.1) is 0 Å². The van der Waals surface area contributed by atoms with Crippen molar-refractivity contribution < 1.29 is 14.3 Å². The van der Waals surface area contributed by atoms with Crippen LogP contribution in [0.15, 0.2) is 42.5 Å². The minimum absolute atomic E-state index is 0.0765. The topological polar surface area (TPSA) is 47.6 Å². The Morgan fingerprint density at radius 3 is 2.64 bits per heavy atom. The van der Waals surface area contributed by atoms with E-state index in [-0.39, 0.29) is 11.9 Å². The summed E-state index contributed by atoms with van der Waals surface area (Å²) in [6.45, 7) is 3.09. The molecule has 1 heterocycles. The molecule has 0 unspecified atom stereocenters. The van der Waals surface area contributed by atoms with Gasteiger partial charge in [0.2, 0.25) is 0 Å². The lowest BCUT2D eigenvalue weighted by Gasteiger charge is -2.21. The highest BCUT2D eigenvalue weighted by Crippen LogP contribution is 2.32. The van der Waals surface area contributed by atoms with E-state index in [2.05, 4.69) is 27.9 Å². The molecule has 0 bridgehead atoms. The normalized spacial score (nSPS) is 14.3. The molecule has 4 nitrogen and oxygen atoms in total. The Morgan fingerprint density at radius 2 is 1.86 bits per heavy atom. The number of amides is 1. The van der Waals surface area contributed by atoms with Crippen LogP contribution in [0.1, 0.15) is 28.9 Å². The summed E-state index contributed by atoms with van der Waals surface area (Å²) in [6.07, 6.45) is 0. The molecule has 2 aromatic carbocycles. The van der Waals surface area contributed by atoms with E-state index < -0.39 is 0 Å². The van der Waals surface area contributed by atoms with Gasteiger partial charge in [0.05, 0.1) is 11.6 Å². The molecule has 0 fully saturated rings. The minimum atomic E-state index is -0.112. The average molecular weight is 409 g/mol. The number of rotatable bonds is 3. The van der Waals surface area contributed by atoms with Crippen molar-refractivity contribution in [1.82, 2.24) is 5.32 Å². The van der Waals surface area contributed by atoms with Crippen LogP contribution in [0.25, 0.3) is 0 Å². The average Bonchev–Trinajstić information content (AvgIpc) is 2.54. The maximum atomic E-state index is 12.4. The molecule has 3 rings (SSSR count). The first-order valence-corrected chi connectivity index (χ1v) is 8.18. The first kappa shape index (κ1) is 15.1. The second-order valence-corrected chi connectivity index (χ2v) is 6.24. The van der Waals surface area contributed by atoms with Gasteiger partial charge in [0, 0.05) is 3.57 Å². The zero-order valence-electron chi connectivity index (χ0n) is 12.1. The number of benzene rings is 2. The second kappa shape index (κ2) is 6.56. The Kier molecular flexibility index (Phi) is 4.52. The predicted molar refractivity (Wildman–Crippen MR) is 92.5 cm³/mol. The molecular formula is C17H16INO3. The molecular weight excluding hydrogens is 393 g/mol. The van der Waals surface area contributed by atoms with Crippen molar-refractivity contribution in [2.75, 3.05) is 13.2 Å². The van der Waals surface area contributed by atoms with E-state index >= 15 is 0 Å². The maximum Gasteiger partial charge on any atom is 0.252 e. The van der Waals surface area contributed by atoms with Crippen LogP contribution in [0.2, 0.25) is 0 Å². The van der Waals surface area contributed by atoms with E-state index in [9.17, 15) is 4.79 Å². The first-order chi connectivity index (χ1) is 10.6. The smallest absolute Gasteiger partial charge is 0.252 e. The Hall–Kier alpha value is -1.76. The number of hydrogen-bond acceptors (Lipinski definition) is 3. The zero-order valence-corrected chi connectivity index (χ0v) is 14.3. The van der Waals surface area contributed by atoms with Gasteiger partial charge in [-0.25, -0.2) is 0 Å². The molecule has 0 radical (unpaired) electrons. The molecule has 1 aliphatic rings. The van der Waals surface area contributed by atoms with Crippen LogP contribution in [-0.2, 0) is 0 Å². The van der Waals surface area contributed by atoms with Gasteiger partial charge < -0.3 is 14.8 Å². The van der Waals surface area contributed by atoms with Crippen molar-refractivity contribution >= 4 is 28.5 Å². The summed E-state index contributed by atoms with van der Waals surface area (Å²) in [7, 11) is 0. The number of fused-ring (bicyclic) bond motifs is 1. The van der Waals surface area contributed by atoms with E-state index in [1.807, 2.05) is 49.4 Å². The monoisotopic (exact) mass is 409 g/mol. The van der Waals surface area contributed by atoms with Gasteiger partial charge >= 0.3 is 0 Å². The van der Waals surface area contributed by atoms with Crippen LogP contribution < -0.4 is 14.8 Å². The lowest BCUT2D eigenvalue weighted by atomic mass is 10.1. The fraction of sp³-hybridized carbons (Fsp3) is 0.235. The highest BCUT2D eigenvalue weighted by Gasteiger charge is 2.17. The van der Waals surface area contributed by atoms with Crippen LogP contribution in [0.5, 0.6) is 11.5 Å². The minimum Gasteiger partial charge on any atom is -0.486 e. The highest BCUT2D eigenvalue weighted by atomic mass is 127. The zero-order chi connectivity index (χ0) is 15.5. The summed E-state index contributed by atoms with van der Waals surface area (Å²) < 4.78 is 12.0. The third-order valence-electron chi connectivity index (χ3n) is 3.53. The van der Waals surface area contributed by atoms with Gasteiger partial charge in [-0.3, -0.25) is 4.79 Å². The Labute approximate surface area is 143 Å². The molecule has 0 aromatic heterocycles. The van der Waals surface area contributed by atoms with Crippen molar-refractivity contribution in [3.63, 3.8) is 0 Å². The van der Waals surface area contributed by atoms with Crippen LogP contribution in [0.3, 0.4) is 0 Å². The summed E-state index contributed by atoms with van der Waals surface area (Å²) in [5.74, 6) is 1.41. The number of hydrogen-bond donors (Lipinski definition) is 1. The van der Waals surface area contributed by atoms with Gasteiger partial charge in [0.15, 0.2) is 11.5 Å². The number of carbonyl (C=O) groups excluding carboxylic acids is 1. The largest absolute Gasteiger partial charge is 0.486 e. The fourth-order valence-corrected chi connectivity index (χ4v) is 2.96. The molecule has 1 N–H and O–H groups in total. The van der Waals surface area contributed by atoms with Crippen molar-refractivity contribution in [2.45, 2.75) is 13.0 Å². The third-order valence-corrected chi connectivity index (χ3v) is 4.47. The molecule has 5 heteroatoms. The molecule has 0 spiro atoms. The number of carbonyl (C=O) groups is 1. The molecule has 0 saturated carbocycles. The van der Waals surface area contributed by atoms with Gasteiger partial charge in [-0.1, -0.05) is 18.2 Å². The summed E-state index contributed by atoms with van der Waals surface area (Å²) in [4.78, 5) is 12.4. The molecule has 0 saturated heterocycles. The molecule has 0 aliphatic carbocycles. The SMILES string of the molecule is C[C@@H](NC(=O)c1ccccc1I)c1ccc2c(c1)OCCO2. The van der Waals surface area contributed by atoms with E-state index in [0.717, 1.165) is 20.6 Å². The molecule has 22 heavy (non-hydrogen) atoms. The van der Waals surface area contributed by atoms with Gasteiger partial charge in [0.25, 0.3) is 5.91 Å². The molecule has 114 valence electrons. The van der Waals surface area contributed by atoms with Crippen molar-refractivity contribution in [1.29, 1.82) is 0 Å². The molecule has 1 atom stereocenters. The van der Waals surface area contributed by atoms with E-state index in [4.69, 9.17) is 9.47 Å². The van der Waals surface area contributed by atoms with Crippen LogP contribution in [-0.4, -0.2) is 19.1 Å². The number of ether oxygens (including phenoxy) is 2. The Balaban J connectivity index is 1.76. The van der Waals surface area contributed by atoms with E-state index in [1.165, 1.54) is 0 Å². The molecule has 2 aromatic rings. The standard InChI is InChI=1S/C17H16INO3/c1-11(19-17(20)13-4-2-3-5-14(13)18)12-6-7-15-16(10-12)22-9-8-21-15/h2-7,10-11H,8-9H2,1H3,(H,19,20)/t11-/m1/s1. The molecule has 1 aliphatic heterocycles. The highest BCUT2D eigenvalue weighted by molar-refractivity contribution is 14.1. The quantitative estimate of drug-likeness (QED) is 0.789. The van der Waals surface area contributed by atoms with Crippen molar-refractivity contribution in [3.8, 4) is 11.5 Å². The fourth-order valence-electron chi connectivity index (χ4n) is 2.33. The summed E-state index contributed by atoms with van der Waals surface area (Å²) in [5.41, 5.74) is 1.68. The summed E-state index contributed by atoms with van der Waals surface area (Å²) in [6, 6.07) is 13.2. The predicted octanol–water partition coefficient (Wildman–Crippen LogP) is 3.55. The summed E-state index contributed by atoms with van der Waals surface area (Å²) >= 11 is 2.17. The van der Waals surface area contributed by atoms with E-state index in [0.29, 0.717) is 18.8 Å². The van der Waals surface area contributed by atoms with Crippen molar-refractivity contribution in [3.05, 3.63) is 57.2 Å². The van der Waals surface area contributed by atoms with Gasteiger partial charge in [-0.05, 0) is 59.3 Å². The maximum absolute atomic E-state index is 12.4. The second-order valence-electron chi connectivity index (χ2n) is 5.08. The van der Waals surface area contributed by atoms with E-state index in [1.54, 1.807) is 0 Å². The Morgan fingerprint density at radius 1 is 1.14 bits per heavy atom. The summed E-state index contributed by atoms with van der Waals surface area (Å²) in [5, 5.41) is 3.02. The lowest BCUT2D eigenvalue weighted by molar-refractivity contribution is 0.0939. The molecule has 1 amide bonds. The van der Waals surface area contributed by atoms with Crippen LogP contribution >= 0.6 is 22.6 Å². The number of nitrogens with one attached hydrogen (secondary N) is 1. The van der Waals surface area contributed by atoms with Gasteiger partial charge in [-0.2, -0.15) is 0 Å². The van der Waals surface area contributed by atoms with Gasteiger partial charge in [0.1, 0.15) is 13.2 Å². The Bertz CT molecular complexity index is 702.